The van der Waals surface area contributed by atoms with Crippen molar-refractivity contribution in [1.29, 1.82) is 0 Å². The number of rotatable bonds is 6. The second kappa shape index (κ2) is 8.17. The zero-order valence-corrected chi connectivity index (χ0v) is 15.5. The molecular weight excluding hydrogens is 350 g/mol. The molecule has 0 aliphatic heterocycles. The van der Waals surface area contributed by atoms with Crippen molar-refractivity contribution in [3.05, 3.63) is 70.7 Å². The van der Waals surface area contributed by atoms with Crippen LogP contribution >= 0.6 is 11.6 Å². The molecule has 0 spiro atoms. The predicted molar refractivity (Wildman–Crippen MR) is 102 cm³/mol. The number of benzene rings is 2. The molecular formula is C20H21ClN3O2+. The maximum atomic E-state index is 12.2. The largest absolute Gasteiger partial charge is 0.338 e. The van der Waals surface area contributed by atoms with Crippen LogP contribution in [0.4, 0.5) is 5.88 Å². The molecule has 3 aromatic rings. The molecule has 1 heterocycles. The number of aryl methyl sites for hydroxylation is 1. The van der Waals surface area contributed by atoms with E-state index < -0.39 is 0 Å². The minimum atomic E-state index is -0.157. The van der Waals surface area contributed by atoms with Crippen molar-refractivity contribution in [2.75, 3.05) is 11.9 Å². The van der Waals surface area contributed by atoms with Crippen molar-refractivity contribution in [2.24, 2.45) is 0 Å². The Morgan fingerprint density at radius 1 is 1.23 bits per heavy atom. The number of anilines is 1. The maximum Gasteiger partial charge on any atom is 0.281 e. The number of aromatic nitrogens is 1. The SMILES string of the molecule is Cc1ccc(-c2cc(NC(=O)C[NH2+][C@@H](C)c3ccccc3Cl)on2)cc1. The van der Waals surface area contributed by atoms with Gasteiger partial charge in [-0.15, -0.1) is 0 Å². The summed E-state index contributed by atoms with van der Waals surface area (Å²) in [4.78, 5) is 12.2. The average molecular weight is 371 g/mol. The fourth-order valence-electron chi connectivity index (χ4n) is 2.64. The van der Waals surface area contributed by atoms with Gasteiger partial charge in [0.25, 0.3) is 5.91 Å². The molecule has 0 radical (unpaired) electrons. The van der Waals surface area contributed by atoms with Crippen molar-refractivity contribution in [2.45, 2.75) is 19.9 Å². The molecule has 0 aliphatic carbocycles. The van der Waals surface area contributed by atoms with Gasteiger partial charge in [0.15, 0.2) is 6.54 Å². The number of carbonyl (C=O) groups is 1. The van der Waals surface area contributed by atoms with E-state index in [1.54, 1.807) is 6.07 Å². The minimum absolute atomic E-state index is 0.0762. The summed E-state index contributed by atoms with van der Waals surface area (Å²) < 4.78 is 5.21. The monoisotopic (exact) mass is 370 g/mol. The van der Waals surface area contributed by atoms with Crippen LogP contribution < -0.4 is 10.6 Å². The van der Waals surface area contributed by atoms with Crippen LogP contribution in [-0.2, 0) is 4.79 Å². The average Bonchev–Trinajstić information content (AvgIpc) is 3.09. The second-order valence-corrected chi connectivity index (χ2v) is 6.65. The van der Waals surface area contributed by atoms with Crippen molar-refractivity contribution >= 4 is 23.4 Å². The van der Waals surface area contributed by atoms with Gasteiger partial charge in [-0.05, 0) is 19.9 Å². The van der Waals surface area contributed by atoms with Crippen LogP contribution in [0.3, 0.4) is 0 Å². The van der Waals surface area contributed by atoms with Crippen LogP contribution in [0.5, 0.6) is 0 Å². The summed E-state index contributed by atoms with van der Waals surface area (Å²) in [6, 6.07) is 17.4. The molecule has 6 heteroatoms. The van der Waals surface area contributed by atoms with Gasteiger partial charge < -0.3 is 9.84 Å². The highest BCUT2D eigenvalue weighted by Crippen LogP contribution is 2.22. The van der Waals surface area contributed by atoms with Crippen LogP contribution in [-0.4, -0.2) is 17.6 Å². The topological polar surface area (TPSA) is 71.7 Å². The zero-order chi connectivity index (χ0) is 18.5. The van der Waals surface area contributed by atoms with Crippen LogP contribution in [0.1, 0.15) is 24.1 Å². The molecule has 0 saturated heterocycles. The lowest BCUT2D eigenvalue weighted by Crippen LogP contribution is -2.86. The molecule has 3 rings (SSSR count). The van der Waals surface area contributed by atoms with Gasteiger partial charge in [0.05, 0.1) is 0 Å². The lowest BCUT2D eigenvalue weighted by atomic mass is 10.1. The first-order valence-corrected chi connectivity index (χ1v) is 8.82. The van der Waals surface area contributed by atoms with Gasteiger partial charge in [0.2, 0.25) is 5.88 Å². The number of amides is 1. The molecule has 134 valence electrons. The van der Waals surface area contributed by atoms with Gasteiger partial charge >= 0.3 is 0 Å². The number of nitrogens with zero attached hydrogens (tertiary/aromatic N) is 1. The van der Waals surface area contributed by atoms with Gasteiger partial charge in [0.1, 0.15) is 11.7 Å². The molecule has 2 aromatic carbocycles. The lowest BCUT2D eigenvalue weighted by Gasteiger charge is -2.11. The summed E-state index contributed by atoms with van der Waals surface area (Å²) in [6.45, 7) is 4.30. The maximum absolute atomic E-state index is 12.2. The Kier molecular flexibility index (Phi) is 5.71. The van der Waals surface area contributed by atoms with Crippen LogP contribution in [0, 0.1) is 6.92 Å². The van der Waals surface area contributed by atoms with Crippen molar-refractivity contribution in [3.8, 4) is 11.3 Å². The van der Waals surface area contributed by atoms with Crippen molar-refractivity contribution in [3.63, 3.8) is 0 Å². The molecule has 0 aliphatic rings. The number of hydrogen-bond acceptors (Lipinski definition) is 3. The summed E-state index contributed by atoms with van der Waals surface area (Å²) >= 11 is 6.19. The normalized spacial score (nSPS) is 12.0. The fraction of sp³-hybridized carbons (Fsp3) is 0.200. The zero-order valence-electron chi connectivity index (χ0n) is 14.7. The molecule has 1 amide bonds. The Labute approximate surface area is 157 Å². The molecule has 0 bridgehead atoms. The summed E-state index contributed by atoms with van der Waals surface area (Å²) in [7, 11) is 0. The Balaban J connectivity index is 1.55. The second-order valence-electron chi connectivity index (χ2n) is 6.24. The molecule has 1 atom stereocenters. The van der Waals surface area contributed by atoms with E-state index in [1.807, 2.05) is 67.7 Å². The van der Waals surface area contributed by atoms with Crippen LogP contribution in [0.2, 0.25) is 5.02 Å². The van der Waals surface area contributed by atoms with Crippen LogP contribution in [0.15, 0.2) is 59.1 Å². The first-order chi connectivity index (χ1) is 12.5. The molecule has 0 saturated carbocycles. The highest BCUT2D eigenvalue weighted by atomic mass is 35.5. The Morgan fingerprint density at radius 2 is 1.96 bits per heavy atom. The van der Waals surface area contributed by atoms with Gasteiger partial charge in [-0.2, -0.15) is 0 Å². The first kappa shape index (κ1) is 18.2. The number of carbonyl (C=O) groups excluding carboxylic acids is 1. The summed E-state index contributed by atoms with van der Waals surface area (Å²) in [5.41, 5.74) is 3.81. The van der Waals surface area contributed by atoms with E-state index in [4.69, 9.17) is 16.1 Å². The molecule has 0 fully saturated rings. The van der Waals surface area contributed by atoms with Gasteiger partial charge in [-0.1, -0.05) is 64.8 Å². The smallest absolute Gasteiger partial charge is 0.281 e. The Morgan fingerprint density at radius 3 is 2.69 bits per heavy atom. The number of hydrogen-bond donors (Lipinski definition) is 2. The summed E-state index contributed by atoms with van der Waals surface area (Å²) in [6.07, 6.45) is 0. The Hall–Kier alpha value is -2.63. The molecule has 1 aromatic heterocycles. The van der Waals surface area contributed by atoms with E-state index in [2.05, 4.69) is 10.5 Å². The minimum Gasteiger partial charge on any atom is -0.338 e. The quantitative estimate of drug-likeness (QED) is 0.696. The Bertz CT molecular complexity index is 890. The lowest BCUT2D eigenvalue weighted by molar-refractivity contribution is -0.682. The van der Waals surface area contributed by atoms with Crippen molar-refractivity contribution < 1.29 is 14.6 Å². The number of quaternary nitrogens is 1. The number of halogens is 1. The van der Waals surface area contributed by atoms with Gasteiger partial charge in [-0.25, -0.2) is 0 Å². The molecule has 26 heavy (non-hydrogen) atoms. The molecule has 0 unspecified atom stereocenters. The van der Waals surface area contributed by atoms with Gasteiger partial charge in [-0.3, -0.25) is 10.1 Å². The summed E-state index contributed by atoms with van der Waals surface area (Å²) in [5.74, 6) is 0.180. The first-order valence-electron chi connectivity index (χ1n) is 8.44. The number of nitrogens with two attached hydrogens (primary N) is 1. The van der Waals surface area contributed by atoms with E-state index in [9.17, 15) is 4.79 Å². The standard InChI is InChI=1S/C20H20ClN3O2/c1-13-7-9-15(10-8-13)18-11-20(26-24-18)23-19(25)12-22-14(2)16-5-3-4-6-17(16)21/h3-11,14,22H,12H2,1-2H3,(H,23,25)/p+1/t14-/m0/s1. The molecule has 5 nitrogen and oxygen atoms in total. The fourth-order valence-corrected chi connectivity index (χ4v) is 2.95. The van der Waals surface area contributed by atoms with E-state index in [1.165, 1.54) is 5.56 Å². The van der Waals surface area contributed by atoms with E-state index in [0.717, 1.165) is 11.1 Å². The third kappa shape index (κ3) is 4.50. The van der Waals surface area contributed by atoms with Gasteiger partial charge in [0, 0.05) is 22.2 Å². The molecule has 3 N–H and O–H groups in total. The highest BCUT2D eigenvalue weighted by molar-refractivity contribution is 6.31. The third-order valence-corrected chi connectivity index (χ3v) is 4.52. The van der Waals surface area contributed by atoms with E-state index >= 15 is 0 Å². The highest BCUT2D eigenvalue weighted by Gasteiger charge is 2.15. The van der Waals surface area contributed by atoms with E-state index in [-0.39, 0.29) is 18.5 Å². The predicted octanol–water partition coefficient (Wildman–Crippen LogP) is 3.57. The van der Waals surface area contributed by atoms with E-state index in [0.29, 0.717) is 16.6 Å². The summed E-state index contributed by atoms with van der Waals surface area (Å²) in [5, 5.41) is 9.37. The number of nitrogens with one attached hydrogen (secondary N) is 1. The van der Waals surface area contributed by atoms with Crippen LogP contribution in [0.25, 0.3) is 11.3 Å². The van der Waals surface area contributed by atoms with Crippen molar-refractivity contribution in [1.82, 2.24) is 5.16 Å². The third-order valence-electron chi connectivity index (χ3n) is 4.17.